The van der Waals surface area contributed by atoms with Gasteiger partial charge in [0.15, 0.2) is 0 Å². The molecule has 1 N–H and O–H groups in total. The van der Waals surface area contributed by atoms with Crippen molar-refractivity contribution in [3.63, 3.8) is 0 Å². The van der Waals surface area contributed by atoms with Crippen LogP contribution in [0.4, 0.5) is 5.82 Å². The summed E-state index contributed by atoms with van der Waals surface area (Å²) in [5.41, 5.74) is 2.93. The molecule has 1 aromatic rings. The van der Waals surface area contributed by atoms with Gasteiger partial charge in [-0.05, 0) is 61.6 Å². The van der Waals surface area contributed by atoms with Gasteiger partial charge in [0.2, 0.25) is 7.28 Å². The number of hydrogen-bond donors (Lipinski definition) is 1. The van der Waals surface area contributed by atoms with Crippen LogP contribution < -0.4 is 10.8 Å². The molecule has 0 unspecified atom stereocenters. The lowest BCUT2D eigenvalue weighted by Crippen LogP contribution is -2.38. The van der Waals surface area contributed by atoms with Gasteiger partial charge < -0.3 is 10.1 Å². The quantitative estimate of drug-likeness (QED) is 0.668. The van der Waals surface area contributed by atoms with Crippen LogP contribution in [0.2, 0.25) is 0 Å². The second-order valence-corrected chi connectivity index (χ2v) is 6.98. The number of fused-ring (bicyclic) bond motifs is 1. The van der Waals surface area contributed by atoms with Crippen molar-refractivity contribution in [1.82, 2.24) is 10.3 Å². The minimum absolute atomic E-state index is 0.0604. The summed E-state index contributed by atoms with van der Waals surface area (Å²) in [6.45, 7) is 0. The Hall–Kier alpha value is -1.98. The smallest absolute Gasteiger partial charge is 0.253 e. The highest BCUT2D eigenvalue weighted by Crippen LogP contribution is 2.33. The van der Waals surface area contributed by atoms with Crippen LogP contribution in [-0.2, 0) is 4.79 Å². The average Bonchev–Trinajstić information content (AvgIpc) is 3.34. The lowest BCUT2D eigenvalue weighted by molar-refractivity contribution is -0.111. The Morgan fingerprint density at radius 2 is 2.00 bits per heavy atom. The van der Waals surface area contributed by atoms with Crippen molar-refractivity contribution < 1.29 is 9.59 Å². The number of carbonyl (C=O) groups excluding carboxylic acids is 2. The standard InChI is InChI=1S/C17H20BN3O2/c22-9-10-1-5-13(6-2-10)20-17(23)12-7-14-16(19-8-12)21-15(18-14)11-3-4-11/h7-11,13,18H,1-6H2,(H,20,23). The maximum absolute atomic E-state index is 12.4. The monoisotopic (exact) mass is 309 g/mol. The van der Waals surface area contributed by atoms with Gasteiger partial charge in [-0.25, -0.2) is 9.98 Å². The van der Waals surface area contributed by atoms with Crippen LogP contribution in [0.5, 0.6) is 0 Å². The Kier molecular flexibility index (Phi) is 3.75. The van der Waals surface area contributed by atoms with E-state index in [9.17, 15) is 9.59 Å². The van der Waals surface area contributed by atoms with Crippen LogP contribution in [0.15, 0.2) is 17.3 Å². The number of amides is 1. The lowest BCUT2D eigenvalue weighted by atomic mass is 9.66. The summed E-state index contributed by atoms with van der Waals surface area (Å²) in [7, 11) is 0.846. The van der Waals surface area contributed by atoms with Gasteiger partial charge in [0, 0.05) is 18.2 Å². The van der Waals surface area contributed by atoms with Crippen molar-refractivity contribution in [2.24, 2.45) is 16.8 Å². The molecule has 2 aliphatic carbocycles. The fraction of sp³-hybridized carbons (Fsp3) is 0.529. The van der Waals surface area contributed by atoms with Gasteiger partial charge in [-0.15, -0.1) is 0 Å². The summed E-state index contributed by atoms with van der Waals surface area (Å²) in [5.74, 6) is 1.54. The molecule has 2 fully saturated rings. The Labute approximate surface area is 136 Å². The zero-order chi connectivity index (χ0) is 15.8. The minimum Gasteiger partial charge on any atom is -0.349 e. The number of hydrogen-bond acceptors (Lipinski definition) is 4. The van der Waals surface area contributed by atoms with Gasteiger partial charge >= 0.3 is 0 Å². The molecule has 1 amide bonds. The maximum atomic E-state index is 12.4. The van der Waals surface area contributed by atoms with Crippen molar-refractivity contribution in [2.75, 3.05) is 0 Å². The number of rotatable bonds is 4. The number of nitrogens with one attached hydrogen (secondary N) is 1. The van der Waals surface area contributed by atoms with E-state index in [4.69, 9.17) is 0 Å². The summed E-state index contributed by atoms with van der Waals surface area (Å²) in [6, 6.07) is 2.11. The van der Waals surface area contributed by atoms with Crippen LogP contribution in [0.3, 0.4) is 0 Å². The summed E-state index contributed by atoms with van der Waals surface area (Å²) in [5, 5.41) is 3.09. The normalized spacial score (nSPS) is 26.0. The van der Waals surface area contributed by atoms with Crippen molar-refractivity contribution >= 4 is 36.4 Å². The number of aldehydes is 1. The number of carbonyl (C=O) groups is 2. The Morgan fingerprint density at radius 1 is 1.22 bits per heavy atom. The first-order valence-corrected chi connectivity index (χ1v) is 8.55. The first kappa shape index (κ1) is 14.6. The van der Waals surface area contributed by atoms with Crippen LogP contribution >= 0.6 is 0 Å². The van der Waals surface area contributed by atoms with Crippen molar-refractivity contribution in [3.8, 4) is 0 Å². The maximum Gasteiger partial charge on any atom is 0.253 e. The van der Waals surface area contributed by atoms with E-state index in [1.165, 1.54) is 18.5 Å². The van der Waals surface area contributed by atoms with E-state index in [-0.39, 0.29) is 17.9 Å². The molecule has 1 aromatic heterocycles. The Bertz CT molecular complexity index is 676. The first-order chi connectivity index (χ1) is 11.2. The SMILES string of the molecule is O=CC1CCC(NC(=O)c2cnc3c(c2)BC(C2CC2)=N3)CC1. The van der Waals surface area contributed by atoms with E-state index < -0.39 is 0 Å². The van der Waals surface area contributed by atoms with Crippen molar-refractivity contribution in [1.29, 1.82) is 0 Å². The molecule has 23 heavy (non-hydrogen) atoms. The van der Waals surface area contributed by atoms with Crippen LogP contribution in [0.25, 0.3) is 0 Å². The number of nitrogens with zero attached hydrogens (tertiary/aromatic N) is 2. The Balaban J connectivity index is 1.39. The minimum atomic E-state index is -0.0604. The highest BCUT2D eigenvalue weighted by Gasteiger charge is 2.32. The van der Waals surface area contributed by atoms with Crippen LogP contribution in [0, 0.1) is 11.8 Å². The first-order valence-electron chi connectivity index (χ1n) is 8.55. The summed E-state index contributed by atoms with van der Waals surface area (Å²) in [6.07, 6.45) is 8.65. The van der Waals surface area contributed by atoms with Gasteiger partial charge in [0.25, 0.3) is 5.91 Å². The van der Waals surface area contributed by atoms with E-state index >= 15 is 0 Å². The van der Waals surface area contributed by atoms with E-state index in [1.807, 2.05) is 6.07 Å². The highest BCUT2D eigenvalue weighted by molar-refractivity contribution is 6.88. The Morgan fingerprint density at radius 3 is 2.70 bits per heavy atom. The third-order valence-electron chi connectivity index (χ3n) is 5.17. The molecule has 6 heteroatoms. The predicted octanol–water partition coefficient (Wildman–Crippen LogP) is 1.08. The summed E-state index contributed by atoms with van der Waals surface area (Å²) >= 11 is 0. The predicted molar refractivity (Wildman–Crippen MR) is 90.1 cm³/mol. The fourth-order valence-electron chi connectivity index (χ4n) is 3.55. The zero-order valence-corrected chi connectivity index (χ0v) is 13.1. The zero-order valence-electron chi connectivity index (χ0n) is 13.1. The topological polar surface area (TPSA) is 71.4 Å². The molecule has 0 radical (unpaired) electrons. The van der Waals surface area contributed by atoms with Gasteiger partial charge in [0.1, 0.15) is 12.1 Å². The molecule has 0 aromatic carbocycles. The van der Waals surface area contributed by atoms with Crippen molar-refractivity contribution in [3.05, 3.63) is 17.8 Å². The average molecular weight is 309 g/mol. The number of aromatic nitrogens is 1. The van der Waals surface area contributed by atoms with Crippen LogP contribution in [0.1, 0.15) is 48.9 Å². The van der Waals surface area contributed by atoms with Crippen LogP contribution in [-0.4, -0.2) is 36.1 Å². The highest BCUT2D eigenvalue weighted by atomic mass is 16.1. The van der Waals surface area contributed by atoms with Gasteiger partial charge in [0.05, 0.1) is 5.56 Å². The largest absolute Gasteiger partial charge is 0.349 e. The van der Waals surface area contributed by atoms with E-state index in [0.717, 1.165) is 50.5 Å². The second kappa shape index (κ2) is 5.91. The summed E-state index contributed by atoms with van der Waals surface area (Å²) < 4.78 is 0. The number of pyridine rings is 1. The lowest BCUT2D eigenvalue weighted by Gasteiger charge is -2.26. The van der Waals surface area contributed by atoms with E-state index in [0.29, 0.717) is 11.5 Å². The molecule has 0 saturated heterocycles. The second-order valence-electron chi connectivity index (χ2n) is 6.98. The third kappa shape index (κ3) is 3.07. The third-order valence-corrected chi connectivity index (χ3v) is 5.17. The molecule has 2 saturated carbocycles. The molecule has 2 heterocycles. The van der Waals surface area contributed by atoms with Gasteiger partial charge in [-0.1, -0.05) is 0 Å². The van der Waals surface area contributed by atoms with Gasteiger partial charge in [-0.3, -0.25) is 4.79 Å². The van der Waals surface area contributed by atoms with Crippen molar-refractivity contribution in [2.45, 2.75) is 44.6 Å². The fourth-order valence-corrected chi connectivity index (χ4v) is 3.55. The van der Waals surface area contributed by atoms with E-state index in [1.54, 1.807) is 6.20 Å². The molecule has 4 rings (SSSR count). The molecule has 3 aliphatic rings. The van der Waals surface area contributed by atoms with E-state index in [2.05, 4.69) is 15.3 Å². The number of aliphatic imine (C=N–C) groups is 1. The molecule has 0 spiro atoms. The molecule has 118 valence electrons. The molecule has 5 nitrogen and oxygen atoms in total. The molecular weight excluding hydrogens is 289 g/mol. The van der Waals surface area contributed by atoms with Gasteiger partial charge in [-0.2, -0.15) is 0 Å². The molecule has 1 aliphatic heterocycles. The molecular formula is C17H20BN3O2. The molecule has 0 bridgehead atoms. The molecule has 0 atom stereocenters. The summed E-state index contributed by atoms with van der Waals surface area (Å²) in [4.78, 5) is 32.2.